The minimum absolute atomic E-state index is 0.191. The molecule has 1 fully saturated rings. The molecule has 0 atom stereocenters. The maximum Gasteiger partial charge on any atom is 0.222 e. The molecule has 2 aromatic carbocycles. The van der Waals surface area contributed by atoms with E-state index in [9.17, 15) is 0 Å². The number of hydrogen-bond donors (Lipinski definition) is 2. The van der Waals surface area contributed by atoms with Crippen LogP contribution in [0.15, 0.2) is 42.5 Å². The summed E-state index contributed by atoms with van der Waals surface area (Å²) in [4.78, 5) is 10.8. The first-order valence-corrected chi connectivity index (χ1v) is 9.85. The number of ether oxygens (including phenoxy) is 1. The van der Waals surface area contributed by atoms with E-state index in [-0.39, 0.29) is 12.1 Å². The standard InChI is InChI=1S/C21H24ClN5O/c22-16-6-4-14(5-7-16)12-27-10-8-17(9-11-27)28-13-15-2-1-3-18-19(15)20(23)26-21(24)25-18/h1-7,17H,8-13H2,(H4,23,24,25,26). The smallest absolute Gasteiger partial charge is 0.222 e. The van der Waals surface area contributed by atoms with E-state index in [1.54, 1.807) is 0 Å². The van der Waals surface area contributed by atoms with Crippen molar-refractivity contribution in [2.75, 3.05) is 24.6 Å². The summed E-state index contributed by atoms with van der Waals surface area (Å²) in [6.45, 7) is 3.48. The Labute approximate surface area is 169 Å². The van der Waals surface area contributed by atoms with E-state index >= 15 is 0 Å². The Morgan fingerprint density at radius 3 is 2.54 bits per heavy atom. The molecule has 0 saturated carbocycles. The fraction of sp³-hybridized carbons (Fsp3) is 0.333. The van der Waals surface area contributed by atoms with Gasteiger partial charge in [0.1, 0.15) is 5.82 Å². The molecule has 4 N–H and O–H groups in total. The molecule has 0 bridgehead atoms. The Hall–Kier alpha value is -2.41. The van der Waals surface area contributed by atoms with Crippen LogP contribution in [0.25, 0.3) is 10.9 Å². The lowest BCUT2D eigenvalue weighted by Gasteiger charge is -2.32. The summed E-state index contributed by atoms with van der Waals surface area (Å²) in [6.07, 6.45) is 2.27. The Morgan fingerprint density at radius 1 is 1.04 bits per heavy atom. The van der Waals surface area contributed by atoms with Crippen molar-refractivity contribution in [3.05, 3.63) is 58.6 Å². The van der Waals surface area contributed by atoms with Crippen LogP contribution < -0.4 is 11.5 Å². The van der Waals surface area contributed by atoms with Crippen LogP contribution in [-0.4, -0.2) is 34.1 Å². The summed E-state index contributed by atoms with van der Waals surface area (Å²) < 4.78 is 6.19. The Morgan fingerprint density at radius 2 is 1.79 bits per heavy atom. The van der Waals surface area contributed by atoms with Gasteiger partial charge in [-0.3, -0.25) is 4.90 Å². The SMILES string of the molecule is Nc1nc(N)c2c(COC3CCN(Cc4ccc(Cl)cc4)CC3)cccc2n1. The van der Waals surface area contributed by atoms with Gasteiger partial charge in [0, 0.05) is 30.0 Å². The number of nitrogens with zero attached hydrogens (tertiary/aromatic N) is 3. The van der Waals surface area contributed by atoms with Crippen LogP contribution in [-0.2, 0) is 17.9 Å². The second kappa shape index (κ2) is 8.31. The van der Waals surface area contributed by atoms with Crippen LogP contribution in [0.5, 0.6) is 0 Å². The molecule has 4 rings (SSSR count). The van der Waals surface area contributed by atoms with Crippen LogP contribution in [0, 0.1) is 0 Å². The van der Waals surface area contributed by atoms with Crippen molar-refractivity contribution in [1.82, 2.24) is 14.9 Å². The minimum atomic E-state index is 0.191. The van der Waals surface area contributed by atoms with Crippen molar-refractivity contribution in [2.24, 2.45) is 0 Å². The van der Waals surface area contributed by atoms with Gasteiger partial charge in [0.25, 0.3) is 0 Å². The molecule has 1 aliphatic heterocycles. The zero-order chi connectivity index (χ0) is 19.5. The fourth-order valence-corrected chi connectivity index (χ4v) is 3.84. The van der Waals surface area contributed by atoms with E-state index in [1.807, 2.05) is 30.3 Å². The number of rotatable bonds is 5. The average molecular weight is 398 g/mol. The summed E-state index contributed by atoms with van der Waals surface area (Å²) in [7, 11) is 0. The Bertz CT molecular complexity index is 955. The monoisotopic (exact) mass is 397 g/mol. The third kappa shape index (κ3) is 4.35. The molecule has 3 aromatic rings. The van der Waals surface area contributed by atoms with Gasteiger partial charge >= 0.3 is 0 Å². The molecule has 0 spiro atoms. The number of nitrogens with two attached hydrogens (primary N) is 2. The number of halogens is 1. The van der Waals surface area contributed by atoms with Crippen molar-refractivity contribution in [3.8, 4) is 0 Å². The highest BCUT2D eigenvalue weighted by atomic mass is 35.5. The van der Waals surface area contributed by atoms with E-state index in [0.717, 1.165) is 54.0 Å². The lowest BCUT2D eigenvalue weighted by Crippen LogP contribution is -2.36. The quantitative estimate of drug-likeness (QED) is 0.683. The number of benzene rings is 2. The molecule has 7 heteroatoms. The second-order valence-electron chi connectivity index (χ2n) is 7.19. The number of likely N-dealkylation sites (tertiary alicyclic amines) is 1. The Kier molecular flexibility index (Phi) is 5.62. The van der Waals surface area contributed by atoms with Gasteiger partial charge in [0.15, 0.2) is 0 Å². The van der Waals surface area contributed by atoms with E-state index < -0.39 is 0 Å². The van der Waals surface area contributed by atoms with Gasteiger partial charge in [-0.2, -0.15) is 4.98 Å². The topological polar surface area (TPSA) is 90.3 Å². The van der Waals surface area contributed by atoms with E-state index in [0.29, 0.717) is 12.4 Å². The number of hydrogen-bond acceptors (Lipinski definition) is 6. The van der Waals surface area contributed by atoms with Crippen LogP contribution in [0.2, 0.25) is 5.02 Å². The molecule has 146 valence electrons. The summed E-state index contributed by atoms with van der Waals surface area (Å²) in [5.41, 5.74) is 14.8. The summed E-state index contributed by atoms with van der Waals surface area (Å²) in [5.74, 6) is 0.593. The molecule has 1 aromatic heterocycles. The molecular weight excluding hydrogens is 374 g/mol. The van der Waals surface area contributed by atoms with Crippen LogP contribution >= 0.6 is 11.6 Å². The molecule has 6 nitrogen and oxygen atoms in total. The molecule has 1 saturated heterocycles. The zero-order valence-electron chi connectivity index (χ0n) is 15.6. The average Bonchev–Trinajstić information content (AvgIpc) is 2.69. The number of aromatic nitrogens is 2. The summed E-state index contributed by atoms with van der Waals surface area (Å²) in [5, 5.41) is 1.61. The van der Waals surface area contributed by atoms with Gasteiger partial charge < -0.3 is 16.2 Å². The lowest BCUT2D eigenvalue weighted by atomic mass is 10.1. The summed E-state index contributed by atoms with van der Waals surface area (Å²) >= 11 is 5.96. The number of anilines is 2. The fourth-order valence-electron chi connectivity index (χ4n) is 3.71. The third-order valence-electron chi connectivity index (χ3n) is 5.18. The largest absolute Gasteiger partial charge is 0.383 e. The zero-order valence-corrected chi connectivity index (χ0v) is 16.4. The van der Waals surface area contributed by atoms with Gasteiger partial charge in [-0.05, 0) is 42.2 Å². The third-order valence-corrected chi connectivity index (χ3v) is 5.44. The summed E-state index contributed by atoms with van der Waals surface area (Å²) in [6, 6.07) is 13.9. The molecular formula is C21H24ClN5O. The molecule has 0 radical (unpaired) electrons. The highest BCUT2D eigenvalue weighted by molar-refractivity contribution is 6.30. The second-order valence-corrected chi connectivity index (χ2v) is 7.63. The van der Waals surface area contributed by atoms with E-state index in [2.05, 4.69) is 27.0 Å². The van der Waals surface area contributed by atoms with Gasteiger partial charge in [0.05, 0.1) is 18.2 Å². The predicted octanol–water partition coefficient (Wildman–Crippen LogP) is 3.63. The highest BCUT2D eigenvalue weighted by Crippen LogP contribution is 2.25. The normalized spacial score (nSPS) is 15.9. The van der Waals surface area contributed by atoms with Gasteiger partial charge in [0.2, 0.25) is 5.95 Å². The highest BCUT2D eigenvalue weighted by Gasteiger charge is 2.20. The maximum atomic E-state index is 6.19. The van der Waals surface area contributed by atoms with Gasteiger partial charge in [-0.1, -0.05) is 35.9 Å². The van der Waals surface area contributed by atoms with E-state index in [1.165, 1.54) is 5.56 Å². The van der Waals surface area contributed by atoms with Crippen LogP contribution in [0.1, 0.15) is 24.0 Å². The molecule has 0 unspecified atom stereocenters. The first-order valence-electron chi connectivity index (χ1n) is 9.47. The molecule has 0 aliphatic carbocycles. The minimum Gasteiger partial charge on any atom is -0.383 e. The van der Waals surface area contributed by atoms with Gasteiger partial charge in [-0.25, -0.2) is 4.98 Å². The molecule has 0 amide bonds. The van der Waals surface area contributed by atoms with Gasteiger partial charge in [-0.15, -0.1) is 0 Å². The molecule has 1 aliphatic rings. The maximum absolute atomic E-state index is 6.19. The molecule has 28 heavy (non-hydrogen) atoms. The number of piperidine rings is 1. The van der Waals surface area contributed by atoms with Crippen LogP contribution in [0.4, 0.5) is 11.8 Å². The first-order chi connectivity index (χ1) is 13.6. The van der Waals surface area contributed by atoms with Crippen molar-refractivity contribution in [3.63, 3.8) is 0 Å². The van der Waals surface area contributed by atoms with Crippen molar-refractivity contribution < 1.29 is 4.74 Å². The lowest BCUT2D eigenvalue weighted by molar-refractivity contribution is -0.00349. The molecule has 2 heterocycles. The van der Waals surface area contributed by atoms with Crippen LogP contribution in [0.3, 0.4) is 0 Å². The number of nitrogen functional groups attached to an aromatic ring is 2. The predicted molar refractivity (Wildman–Crippen MR) is 113 cm³/mol. The van der Waals surface area contributed by atoms with Crippen molar-refractivity contribution in [2.45, 2.75) is 32.1 Å². The Balaban J connectivity index is 1.33. The van der Waals surface area contributed by atoms with Crippen molar-refractivity contribution >= 4 is 34.3 Å². The number of fused-ring (bicyclic) bond motifs is 1. The first kappa shape index (κ1) is 18.9. The van der Waals surface area contributed by atoms with Crippen molar-refractivity contribution in [1.29, 1.82) is 0 Å². The van der Waals surface area contributed by atoms with E-state index in [4.69, 9.17) is 27.8 Å².